The lowest BCUT2D eigenvalue weighted by Crippen LogP contribution is -2.38. The fourth-order valence-electron chi connectivity index (χ4n) is 3.83. The Morgan fingerprint density at radius 3 is 2.50 bits per heavy atom. The fourth-order valence-corrected chi connectivity index (χ4v) is 4.69. The van der Waals surface area contributed by atoms with Gasteiger partial charge in [0.2, 0.25) is 5.95 Å². The minimum absolute atomic E-state index is 0.259. The van der Waals surface area contributed by atoms with Gasteiger partial charge in [0.25, 0.3) is 0 Å². The van der Waals surface area contributed by atoms with Gasteiger partial charge in [0.1, 0.15) is 5.82 Å². The molecule has 0 bridgehead atoms. The molecule has 0 radical (unpaired) electrons. The first-order chi connectivity index (χ1) is 15.7. The van der Waals surface area contributed by atoms with Crippen molar-refractivity contribution in [3.63, 3.8) is 0 Å². The normalized spacial score (nSPS) is 14.5. The maximum atomic E-state index is 13.8. The third kappa shape index (κ3) is 4.20. The van der Waals surface area contributed by atoms with Crippen molar-refractivity contribution in [1.82, 2.24) is 24.3 Å². The lowest BCUT2D eigenvalue weighted by molar-refractivity contribution is 0.0722. The lowest BCUT2D eigenvalue weighted by Gasteiger charge is -2.28. The molecule has 7 nitrogen and oxygen atoms in total. The number of benzene rings is 2. The largest absolute Gasteiger partial charge is 0.378 e. The molecule has 32 heavy (non-hydrogen) atoms. The van der Waals surface area contributed by atoms with Crippen LogP contribution in [0.2, 0.25) is 0 Å². The van der Waals surface area contributed by atoms with Crippen LogP contribution in [0.4, 0.5) is 14.7 Å². The maximum absolute atomic E-state index is 13.8. The van der Waals surface area contributed by atoms with E-state index in [9.17, 15) is 8.78 Å². The van der Waals surface area contributed by atoms with Crippen molar-refractivity contribution in [3.05, 3.63) is 66.0 Å². The van der Waals surface area contributed by atoms with Crippen LogP contribution in [0.1, 0.15) is 17.9 Å². The molecule has 2 aromatic heterocycles. The molecule has 0 atom stereocenters. The molecule has 4 aromatic rings. The average Bonchev–Trinajstić information content (AvgIpc) is 3.40. The zero-order valence-electron chi connectivity index (χ0n) is 17.3. The second kappa shape index (κ2) is 9.25. The van der Waals surface area contributed by atoms with Gasteiger partial charge in [-0.25, -0.2) is 4.98 Å². The summed E-state index contributed by atoms with van der Waals surface area (Å²) in [4.78, 5) is 6.59. The van der Waals surface area contributed by atoms with Crippen LogP contribution in [0.15, 0.2) is 59.8 Å². The number of alkyl halides is 2. The van der Waals surface area contributed by atoms with Gasteiger partial charge in [-0.05, 0) is 17.7 Å². The summed E-state index contributed by atoms with van der Waals surface area (Å²) in [6.07, 6.45) is 0. The van der Waals surface area contributed by atoms with E-state index in [4.69, 9.17) is 4.74 Å². The molecule has 0 saturated carbocycles. The predicted octanol–water partition coefficient (Wildman–Crippen LogP) is 4.20. The van der Waals surface area contributed by atoms with Crippen LogP contribution in [-0.2, 0) is 17.0 Å². The number of thioether (sulfide) groups is 1. The lowest BCUT2D eigenvalue weighted by atomic mass is 10.2. The number of halogens is 2. The Morgan fingerprint density at radius 2 is 1.72 bits per heavy atom. The summed E-state index contributed by atoms with van der Waals surface area (Å²) in [5, 5.41) is 9.51. The minimum atomic E-state index is -2.66. The van der Waals surface area contributed by atoms with Crippen LogP contribution in [-0.4, -0.2) is 50.6 Å². The molecule has 5 rings (SSSR count). The number of fused-ring (bicyclic) bond motifs is 1. The van der Waals surface area contributed by atoms with Gasteiger partial charge in [-0.3, -0.25) is 9.13 Å². The highest BCUT2D eigenvalue weighted by Gasteiger charge is 2.23. The number of hydrogen-bond acceptors (Lipinski definition) is 6. The summed E-state index contributed by atoms with van der Waals surface area (Å²) in [6, 6.07) is 17.0. The molecule has 2 aromatic carbocycles. The van der Waals surface area contributed by atoms with Gasteiger partial charge < -0.3 is 9.64 Å². The number of hydrogen-bond donors (Lipinski definition) is 0. The van der Waals surface area contributed by atoms with E-state index in [1.807, 2.05) is 34.9 Å². The summed E-state index contributed by atoms with van der Waals surface area (Å²) in [6.45, 7) is 0.674. The van der Waals surface area contributed by atoms with Crippen LogP contribution >= 0.6 is 11.8 Å². The second-order valence-electron chi connectivity index (χ2n) is 7.41. The number of anilines is 1. The predicted molar refractivity (Wildman–Crippen MR) is 119 cm³/mol. The van der Waals surface area contributed by atoms with E-state index in [0.29, 0.717) is 41.8 Å². The van der Waals surface area contributed by atoms with E-state index < -0.39 is 6.55 Å². The zero-order valence-corrected chi connectivity index (χ0v) is 18.1. The maximum Gasteiger partial charge on any atom is 0.320 e. The summed E-state index contributed by atoms with van der Waals surface area (Å²) >= 11 is 1.37. The molecule has 1 aliphatic rings. The molecular weight excluding hydrogens is 434 g/mol. The van der Waals surface area contributed by atoms with Crippen LogP contribution in [0.25, 0.3) is 11.0 Å². The zero-order chi connectivity index (χ0) is 21.9. The summed E-state index contributed by atoms with van der Waals surface area (Å²) in [5.41, 5.74) is 2.10. The quantitative estimate of drug-likeness (QED) is 0.389. The minimum Gasteiger partial charge on any atom is -0.378 e. The van der Waals surface area contributed by atoms with E-state index >= 15 is 0 Å². The highest BCUT2D eigenvalue weighted by Crippen LogP contribution is 2.30. The summed E-state index contributed by atoms with van der Waals surface area (Å²) in [5.74, 6) is 1.34. The highest BCUT2D eigenvalue weighted by molar-refractivity contribution is 7.98. The number of rotatable bonds is 7. The fraction of sp³-hybridized carbons (Fsp3) is 0.318. The highest BCUT2D eigenvalue weighted by atomic mass is 32.2. The average molecular weight is 457 g/mol. The molecule has 0 spiro atoms. The van der Waals surface area contributed by atoms with Gasteiger partial charge in [-0.15, -0.1) is 10.2 Å². The first-order valence-electron chi connectivity index (χ1n) is 10.4. The Morgan fingerprint density at radius 1 is 0.969 bits per heavy atom. The topological polar surface area (TPSA) is 61.0 Å². The SMILES string of the molecule is FC(F)n1c(CSc2nnc(N3CCOCC3)n2Cc2ccccc2)nc2ccccc21. The number of ether oxygens (including phenoxy) is 1. The molecule has 0 amide bonds. The monoisotopic (exact) mass is 456 g/mol. The first kappa shape index (κ1) is 20.9. The molecule has 3 heterocycles. The van der Waals surface area contributed by atoms with Crippen molar-refractivity contribution in [3.8, 4) is 0 Å². The van der Waals surface area contributed by atoms with Crippen molar-refractivity contribution in [2.24, 2.45) is 0 Å². The van der Waals surface area contributed by atoms with Crippen LogP contribution < -0.4 is 4.90 Å². The number of nitrogens with zero attached hydrogens (tertiary/aromatic N) is 6. The van der Waals surface area contributed by atoms with Gasteiger partial charge in [0.05, 0.1) is 36.5 Å². The molecule has 1 saturated heterocycles. The summed E-state index contributed by atoms with van der Waals surface area (Å²) in [7, 11) is 0. The van der Waals surface area contributed by atoms with Gasteiger partial charge in [-0.1, -0.05) is 54.2 Å². The number of para-hydroxylation sites is 2. The molecule has 0 unspecified atom stereocenters. The van der Waals surface area contributed by atoms with Gasteiger partial charge in [0.15, 0.2) is 5.16 Å². The Labute approximate surface area is 188 Å². The number of aromatic nitrogens is 5. The van der Waals surface area contributed by atoms with Crippen molar-refractivity contribution < 1.29 is 13.5 Å². The Bertz CT molecular complexity index is 1190. The van der Waals surface area contributed by atoms with E-state index in [2.05, 4.69) is 20.1 Å². The Kier molecular flexibility index (Phi) is 6.04. The first-order valence-corrected chi connectivity index (χ1v) is 11.4. The standard InChI is InChI=1S/C22H22F2N6OS/c23-20(24)30-18-9-5-4-8-17(18)25-19(30)15-32-22-27-26-21(28-10-12-31-13-11-28)29(22)14-16-6-2-1-3-7-16/h1-9,20H,10-15H2. The Balaban J connectivity index is 1.45. The molecule has 10 heteroatoms. The third-order valence-corrected chi connectivity index (χ3v) is 6.33. The van der Waals surface area contributed by atoms with Gasteiger partial charge >= 0.3 is 6.55 Å². The second-order valence-corrected chi connectivity index (χ2v) is 8.35. The smallest absolute Gasteiger partial charge is 0.320 e. The van der Waals surface area contributed by atoms with E-state index in [1.54, 1.807) is 24.3 Å². The van der Waals surface area contributed by atoms with E-state index in [0.717, 1.165) is 29.2 Å². The molecule has 1 aliphatic heterocycles. The van der Waals surface area contributed by atoms with Crippen molar-refractivity contribution in [2.75, 3.05) is 31.2 Å². The van der Waals surface area contributed by atoms with Gasteiger partial charge in [-0.2, -0.15) is 8.78 Å². The molecule has 166 valence electrons. The van der Waals surface area contributed by atoms with Crippen LogP contribution in [0.3, 0.4) is 0 Å². The van der Waals surface area contributed by atoms with Crippen LogP contribution in [0.5, 0.6) is 0 Å². The molecule has 0 aliphatic carbocycles. The Hall–Kier alpha value is -2.98. The third-order valence-electron chi connectivity index (χ3n) is 5.37. The number of morpholine rings is 1. The number of imidazole rings is 1. The van der Waals surface area contributed by atoms with Crippen molar-refractivity contribution in [1.29, 1.82) is 0 Å². The molecule has 1 fully saturated rings. The van der Waals surface area contributed by atoms with Crippen molar-refractivity contribution in [2.45, 2.75) is 24.0 Å². The van der Waals surface area contributed by atoms with Gasteiger partial charge in [0, 0.05) is 13.1 Å². The summed E-state index contributed by atoms with van der Waals surface area (Å²) < 4.78 is 36.1. The van der Waals surface area contributed by atoms with E-state index in [1.165, 1.54) is 11.8 Å². The van der Waals surface area contributed by atoms with Crippen LogP contribution in [0, 0.1) is 0 Å². The van der Waals surface area contributed by atoms with Crippen molar-refractivity contribution >= 4 is 28.7 Å². The molecule has 0 N–H and O–H groups in total. The molecular formula is C22H22F2N6OS. The van der Waals surface area contributed by atoms with E-state index in [-0.39, 0.29) is 5.75 Å².